The summed E-state index contributed by atoms with van der Waals surface area (Å²) in [5, 5.41) is 2.08. The molecule has 5 rings (SSSR count). The normalized spacial score (nSPS) is 12.3. The van der Waals surface area contributed by atoms with Crippen LogP contribution >= 0.6 is 0 Å². The maximum Gasteiger partial charge on any atom is 0.254 e. The van der Waals surface area contributed by atoms with Gasteiger partial charge in [0.05, 0.1) is 21.3 Å². The Bertz CT molecular complexity index is 1930. The van der Waals surface area contributed by atoms with Gasteiger partial charge in [-0.3, -0.25) is 4.79 Å². The van der Waals surface area contributed by atoms with Crippen molar-refractivity contribution in [3.8, 4) is 0 Å². The monoisotopic (exact) mass is 616 g/mol. The van der Waals surface area contributed by atoms with Crippen LogP contribution in [0.3, 0.4) is 0 Å². The van der Waals surface area contributed by atoms with E-state index in [9.17, 15) is 21.6 Å². The van der Waals surface area contributed by atoms with Crippen molar-refractivity contribution in [1.82, 2.24) is 9.47 Å². The Morgan fingerprint density at radius 1 is 0.674 bits per heavy atom. The lowest BCUT2D eigenvalue weighted by Crippen LogP contribution is -2.30. The lowest BCUT2D eigenvalue weighted by Gasteiger charge is -2.24. The highest BCUT2D eigenvalue weighted by atomic mass is 32.2. The van der Waals surface area contributed by atoms with Crippen LogP contribution in [0.15, 0.2) is 101 Å². The van der Waals surface area contributed by atoms with Gasteiger partial charge in [0, 0.05) is 46.5 Å². The summed E-state index contributed by atoms with van der Waals surface area (Å²) in [6, 6.07) is 27.5. The molecule has 0 saturated carbocycles. The maximum atomic E-state index is 14.1. The molecule has 1 aromatic heterocycles. The Balaban J connectivity index is 1.53. The standard InChI is InChI=1S/C34H36N2O5S2/c1-5-42(38,39)28-16-11-25(12-17-28)22-35(23-26-13-18-29(19-14-26)43(40,41)6-2)34(37)27-15-20-33-31(21-27)30-9-7-8-10-32(30)36(33)24(3)4/h7-21,24H,5-6,22-23H2,1-4H3. The molecule has 0 N–H and O–H groups in total. The van der Waals surface area contributed by atoms with Crippen molar-refractivity contribution in [2.75, 3.05) is 11.5 Å². The van der Waals surface area contributed by atoms with Crippen LogP contribution in [0.5, 0.6) is 0 Å². The second-order valence-electron chi connectivity index (χ2n) is 11.0. The largest absolute Gasteiger partial charge is 0.338 e. The molecule has 1 amide bonds. The Hall–Kier alpha value is -3.95. The number of para-hydroxylation sites is 1. The van der Waals surface area contributed by atoms with Gasteiger partial charge in [-0.2, -0.15) is 0 Å². The third-order valence-electron chi connectivity index (χ3n) is 7.83. The van der Waals surface area contributed by atoms with Crippen LogP contribution < -0.4 is 0 Å². The smallest absolute Gasteiger partial charge is 0.254 e. The van der Waals surface area contributed by atoms with Crippen LogP contribution in [0, 0.1) is 0 Å². The minimum Gasteiger partial charge on any atom is -0.338 e. The van der Waals surface area contributed by atoms with E-state index in [1.165, 1.54) is 0 Å². The molecule has 0 radical (unpaired) electrons. The molecule has 7 nitrogen and oxygen atoms in total. The molecular formula is C34H36N2O5S2. The quantitative estimate of drug-likeness (QED) is 0.172. The average Bonchev–Trinajstić information content (AvgIpc) is 3.35. The minimum atomic E-state index is -3.34. The van der Waals surface area contributed by atoms with Gasteiger partial charge in [0.15, 0.2) is 19.7 Å². The molecule has 0 saturated heterocycles. The van der Waals surface area contributed by atoms with Gasteiger partial charge in [0.1, 0.15) is 0 Å². The molecule has 1 heterocycles. The maximum absolute atomic E-state index is 14.1. The Kier molecular flexibility index (Phi) is 8.49. The van der Waals surface area contributed by atoms with Gasteiger partial charge < -0.3 is 9.47 Å². The minimum absolute atomic E-state index is 0.0103. The zero-order valence-electron chi connectivity index (χ0n) is 24.8. The van der Waals surface area contributed by atoms with Gasteiger partial charge >= 0.3 is 0 Å². The van der Waals surface area contributed by atoms with Crippen molar-refractivity contribution >= 4 is 47.4 Å². The van der Waals surface area contributed by atoms with Crippen LogP contribution in [0.1, 0.15) is 55.2 Å². The summed E-state index contributed by atoms with van der Waals surface area (Å²) in [5.74, 6) is -0.161. The second-order valence-corrected chi connectivity index (χ2v) is 15.5. The van der Waals surface area contributed by atoms with E-state index in [0.717, 1.165) is 32.9 Å². The van der Waals surface area contributed by atoms with Gasteiger partial charge in [-0.15, -0.1) is 0 Å². The number of sulfone groups is 2. The molecule has 0 bridgehead atoms. The molecule has 0 atom stereocenters. The fourth-order valence-electron chi connectivity index (χ4n) is 5.45. The number of amides is 1. The first-order valence-corrected chi connectivity index (χ1v) is 17.7. The molecule has 9 heteroatoms. The van der Waals surface area contributed by atoms with E-state index in [0.29, 0.717) is 5.56 Å². The number of carbonyl (C=O) groups excluding carboxylic acids is 1. The second kappa shape index (κ2) is 12.0. The van der Waals surface area contributed by atoms with E-state index < -0.39 is 19.7 Å². The zero-order chi connectivity index (χ0) is 30.9. The Labute approximate surface area is 253 Å². The predicted molar refractivity (Wildman–Crippen MR) is 172 cm³/mol. The van der Waals surface area contributed by atoms with E-state index in [1.54, 1.807) is 67.3 Å². The molecule has 4 aromatic carbocycles. The van der Waals surface area contributed by atoms with Crippen LogP contribution in [-0.2, 0) is 32.8 Å². The predicted octanol–water partition coefficient (Wildman–Crippen LogP) is 6.81. The molecule has 0 aliphatic heterocycles. The van der Waals surface area contributed by atoms with Crippen LogP contribution in [0.4, 0.5) is 0 Å². The SMILES string of the molecule is CCS(=O)(=O)c1ccc(CN(Cc2ccc(S(=O)(=O)CC)cc2)C(=O)c2ccc3c(c2)c2ccccc2n3C(C)C)cc1. The molecule has 224 valence electrons. The Morgan fingerprint density at radius 2 is 1.16 bits per heavy atom. The number of hydrogen-bond acceptors (Lipinski definition) is 5. The molecule has 0 aliphatic carbocycles. The van der Waals surface area contributed by atoms with Crippen molar-refractivity contribution in [2.24, 2.45) is 0 Å². The van der Waals surface area contributed by atoms with Gasteiger partial charge in [-0.05, 0) is 73.5 Å². The lowest BCUT2D eigenvalue weighted by atomic mass is 10.1. The average molecular weight is 617 g/mol. The molecule has 0 spiro atoms. The van der Waals surface area contributed by atoms with E-state index >= 15 is 0 Å². The lowest BCUT2D eigenvalue weighted by molar-refractivity contribution is 0.0730. The molecule has 5 aromatic rings. The molecule has 43 heavy (non-hydrogen) atoms. The molecule has 0 unspecified atom stereocenters. The number of nitrogens with zero attached hydrogens (tertiary/aromatic N) is 2. The van der Waals surface area contributed by atoms with Crippen molar-refractivity contribution in [1.29, 1.82) is 0 Å². The summed E-state index contributed by atoms with van der Waals surface area (Å²) in [6.07, 6.45) is 0. The third-order valence-corrected chi connectivity index (χ3v) is 11.3. The summed E-state index contributed by atoms with van der Waals surface area (Å²) in [4.78, 5) is 16.3. The first-order valence-electron chi connectivity index (χ1n) is 14.4. The number of aromatic nitrogens is 1. The van der Waals surface area contributed by atoms with Crippen molar-refractivity contribution in [2.45, 2.75) is 56.6 Å². The van der Waals surface area contributed by atoms with Gasteiger partial charge in [0.25, 0.3) is 5.91 Å². The zero-order valence-corrected chi connectivity index (χ0v) is 26.5. The van der Waals surface area contributed by atoms with Crippen molar-refractivity contribution < 1.29 is 21.6 Å². The number of carbonyl (C=O) groups is 1. The summed E-state index contributed by atoms with van der Waals surface area (Å²) in [7, 11) is -6.69. The first kappa shape index (κ1) is 30.5. The van der Waals surface area contributed by atoms with Crippen molar-refractivity contribution in [3.63, 3.8) is 0 Å². The van der Waals surface area contributed by atoms with E-state index in [2.05, 4.69) is 30.5 Å². The fraction of sp³-hybridized carbons (Fsp3) is 0.265. The topological polar surface area (TPSA) is 93.5 Å². The summed E-state index contributed by atoms with van der Waals surface area (Å²) < 4.78 is 51.6. The van der Waals surface area contributed by atoms with E-state index in [1.807, 2.05) is 30.3 Å². The van der Waals surface area contributed by atoms with E-state index in [-0.39, 0.29) is 46.3 Å². The highest BCUT2D eigenvalue weighted by Crippen LogP contribution is 2.33. The molecule has 0 fully saturated rings. The van der Waals surface area contributed by atoms with Crippen LogP contribution in [0.2, 0.25) is 0 Å². The van der Waals surface area contributed by atoms with Crippen LogP contribution in [-0.4, -0.2) is 43.7 Å². The van der Waals surface area contributed by atoms with Gasteiger partial charge in [0.2, 0.25) is 0 Å². The highest BCUT2D eigenvalue weighted by molar-refractivity contribution is 7.91. The van der Waals surface area contributed by atoms with Gasteiger partial charge in [-0.25, -0.2) is 16.8 Å². The highest BCUT2D eigenvalue weighted by Gasteiger charge is 2.21. The summed E-state index contributed by atoms with van der Waals surface area (Å²) in [6.45, 7) is 7.98. The summed E-state index contributed by atoms with van der Waals surface area (Å²) >= 11 is 0. The Morgan fingerprint density at radius 3 is 1.65 bits per heavy atom. The number of hydrogen-bond donors (Lipinski definition) is 0. The number of rotatable bonds is 10. The van der Waals surface area contributed by atoms with Crippen molar-refractivity contribution in [3.05, 3.63) is 108 Å². The molecular weight excluding hydrogens is 581 g/mol. The third kappa shape index (κ3) is 6.10. The van der Waals surface area contributed by atoms with Crippen LogP contribution in [0.25, 0.3) is 21.8 Å². The number of benzene rings is 4. The van der Waals surface area contributed by atoms with E-state index in [4.69, 9.17) is 0 Å². The van der Waals surface area contributed by atoms with Gasteiger partial charge in [-0.1, -0.05) is 56.3 Å². The summed E-state index contributed by atoms with van der Waals surface area (Å²) in [5.41, 5.74) is 4.27. The first-order chi connectivity index (χ1) is 20.4. The number of fused-ring (bicyclic) bond motifs is 3. The fourth-order valence-corrected chi connectivity index (χ4v) is 7.22. The molecule has 0 aliphatic rings.